The highest BCUT2D eigenvalue weighted by molar-refractivity contribution is 5.99. The number of ether oxygens (including phenoxy) is 1. The molecule has 7 heteroatoms. The molecule has 0 saturated carbocycles. The average molecular weight is 413 g/mol. The molecular weight excluding hydrogens is 394 g/mol. The van der Waals surface area contributed by atoms with Crippen LogP contribution in [0.15, 0.2) is 85.1 Å². The molecule has 154 valence electrons. The summed E-state index contributed by atoms with van der Waals surface area (Å²) in [5, 5.41) is 15.9. The summed E-state index contributed by atoms with van der Waals surface area (Å²) in [6, 6.07) is 22.5. The SMILES string of the molecule is O=C(NCc1ccc(C(=O)O)c(Oc2ccccc2)c1)Nc1cccc2cccnc12. The molecule has 0 aliphatic rings. The van der Waals surface area contributed by atoms with Crippen LogP contribution in [0, 0.1) is 0 Å². The summed E-state index contributed by atoms with van der Waals surface area (Å²) < 4.78 is 5.74. The number of carboxylic acid groups (broad SMARTS) is 1. The Balaban J connectivity index is 1.47. The van der Waals surface area contributed by atoms with Crippen LogP contribution in [0.2, 0.25) is 0 Å². The van der Waals surface area contributed by atoms with Gasteiger partial charge in [-0.3, -0.25) is 4.98 Å². The van der Waals surface area contributed by atoms with Crippen molar-refractivity contribution in [3.05, 3.63) is 96.2 Å². The number of rotatable bonds is 6. The van der Waals surface area contributed by atoms with Crippen LogP contribution < -0.4 is 15.4 Å². The molecule has 1 aromatic heterocycles. The molecule has 2 amide bonds. The summed E-state index contributed by atoms with van der Waals surface area (Å²) in [6.07, 6.45) is 1.67. The number of fused-ring (bicyclic) bond motifs is 1. The van der Waals surface area contributed by atoms with Gasteiger partial charge in [-0.2, -0.15) is 0 Å². The summed E-state index contributed by atoms with van der Waals surface area (Å²) in [7, 11) is 0. The Morgan fingerprint density at radius 1 is 0.935 bits per heavy atom. The minimum atomic E-state index is -1.09. The smallest absolute Gasteiger partial charge is 0.339 e. The van der Waals surface area contributed by atoms with Crippen LogP contribution in [0.4, 0.5) is 10.5 Å². The van der Waals surface area contributed by atoms with Crippen molar-refractivity contribution in [1.29, 1.82) is 0 Å². The molecule has 1 heterocycles. The number of pyridine rings is 1. The highest BCUT2D eigenvalue weighted by atomic mass is 16.5. The number of hydrogen-bond acceptors (Lipinski definition) is 4. The van der Waals surface area contributed by atoms with E-state index in [1.165, 1.54) is 6.07 Å². The first-order valence-electron chi connectivity index (χ1n) is 9.58. The maximum absolute atomic E-state index is 12.4. The monoisotopic (exact) mass is 413 g/mol. The van der Waals surface area contributed by atoms with Gasteiger partial charge in [0.25, 0.3) is 0 Å². The zero-order valence-corrected chi connectivity index (χ0v) is 16.4. The molecule has 0 aliphatic heterocycles. The van der Waals surface area contributed by atoms with E-state index in [0.29, 0.717) is 22.5 Å². The zero-order valence-electron chi connectivity index (χ0n) is 16.4. The van der Waals surface area contributed by atoms with E-state index >= 15 is 0 Å². The average Bonchev–Trinajstić information content (AvgIpc) is 2.78. The number of amides is 2. The van der Waals surface area contributed by atoms with Gasteiger partial charge < -0.3 is 20.5 Å². The number of carbonyl (C=O) groups excluding carboxylic acids is 1. The fraction of sp³-hybridized carbons (Fsp3) is 0.0417. The van der Waals surface area contributed by atoms with Gasteiger partial charge in [0.15, 0.2) is 0 Å². The Morgan fingerprint density at radius 3 is 2.55 bits per heavy atom. The van der Waals surface area contributed by atoms with Crippen LogP contribution in [0.25, 0.3) is 10.9 Å². The highest BCUT2D eigenvalue weighted by Crippen LogP contribution is 2.27. The molecule has 0 fully saturated rings. The van der Waals surface area contributed by atoms with E-state index in [2.05, 4.69) is 15.6 Å². The number of hydrogen-bond donors (Lipinski definition) is 3. The first kappa shape index (κ1) is 19.9. The number of carboxylic acids is 1. The standard InChI is InChI=1S/C24H19N3O4/c28-23(29)19-12-11-16(14-21(19)31-18-8-2-1-3-9-18)15-26-24(30)27-20-10-4-6-17-7-5-13-25-22(17)20/h1-14H,15H2,(H,28,29)(H2,26,27,30). The maximum Gasteiger partial charge on any atom is 0.339 e. The number of urea groups is 1. The molecule has 7 nitrogen and oxygen atoms in total. The third-order valence-corrected chi connectivity index (χ3v) is 4.58. The van der Waals surface area contributed by atoms with Gasteiger partial charge in [0.05, 0.1) is 11.2 Å². The third-order valence-electron chi connectivity index (χ3n) is 4.58. The molecule has 4 aromatic rings. The van der Waals surface area contributed by atoms with E-state index in [1.54, 1.807) is 48.7 Å². The summed E-state index contributed by atoms with van der Waals surface area (Å²) >= 11 is 0. The van der Waals surface area contributed by atoms with Gasteiger partial charge >= 0.3 is 12.0 Å². The highest BCUT2D eigenvalue weighted by Gasteiger charge is 2.14. The van der Waals surface area contributed by atoms with Gasteiger partial charge in [0, 0.05) is 18.1 Å². The fourth-order valence-corrected chi connectivity index (χ4v) is 3.11. The number of para-hydroxylation sites is 2. The number of benzene rings is 3. The predicted octanol–water partition coefficient (Wildman–Crippen LogP) is 5.05. The quantitative estimate of drug-likeness (QED) is 0.411. The van der Waals surface area contributed by atoms with Gasteiger partial charge in [0.2, 0.25) is 0 Å². The van der Waals surface area contributed by atoms with Gasteiger partial charge in [-0.05, 0) is 42.0 Å². The van der Waals surface area contributed by atoms with Crippen molar-refractivity contribution in [2.75, 3.05) is 5.32 Å². The van der Waals surface area contributed by atoms with E-state index in [1.807, 2.05) is 30.3 Å². The molecule has 0 spiro atoms. The van der Waals surface area contributed by atoms with Crippen LogP contribution in [-0.2, 0) is 6.54 Å². The second kappa shape index (κ2) is 8.96. The normalized spacial score (nSPS) is 10.5. The van der Waals surface area contributed by atoms with Crippen molar-refractivity contribution in [1.82, 2.24) is 10.3 Å². The predicted molar refractivity (Wildman–Crippen MR) is 118 cm³/mol. The maximum atomic E-state index is 12.4. The van der Waals surface area contributed by atoms with Crippen molar-refractivity contribution in [2.24, 2.45) is 0 Å². The van der Waals surface area contributed by atoms with Gasteiger partial charge in [-0.15, -0.1) is 0 Å². The number of aromatic carboxylic acids is 1. The molecule has 0 aliphatic carbocycles. The Hall–Kier alpha value is -4.39. The first-order valence-corrected chi connectivity index (χ1v) is 9.58. The van der Waals surface area contributed by atoms with Crippen LogP contribution in [0.1, 0.15) is 15.9 Å². The van der Waals surface area contributed by atoms with E-state index in [4.69, 9.17) is 4.74 Å². The molecule has 4 rings (SSSR count). The second-order valence-electron chi connectivity index (χ2n) is 6.74. The summed E-state index contributed by atoms with van der Waals surface area (Å²) in [4.78, 5) is 28.3. The van der Waals surface area contributed by atoms with E-state index in [0.717, 1.165) is 5.39 Å². The molecule has 0 unspecified atom stereocenters. The molecule has 0 radical (unpaired) electrons. The zero-order chi connectivity index (χ0) is 21.6. The van der Waals surface area contributed by atoms with Crippen molar-refractivity contribution < 1.29 is 19.4 Å². The van der Waals surface area contributed by atoms with Gasteiger partial charge in [-0.1, -0.05) is 42.5 Å². The topological polar surface area (TPSA) is 101 Å². The number of aromatic nitrogens is 1. The minimum absolute atomic E-state index is 0.0406. The third kappa shape index (κ3) is 4.79. The van der Waals surface area contributed by atoms with Crippen molar-refractivity contribution >= 4 is 28.6 Å². The van der Waals surface area contributed by atoms with Crippen LogP contribution in [0.3, 0.4) is 0 Å². The van der Waals surface area contributed by atoms with Crippen LogP contribution in [-0.4, -0.2) is 22.1 Å². The number of nitrogens with zero attached hydrogens (tertiary/aromatic N) is 1. The van der Waals surface area contributed by atoms with E-state index in [-0.39, 0.29) is 17.9 Å². The second-order valence-corrected chi connectivity index (χ2v) is 6.74. The van der Waals surface area contributed by atoms with Crippen molar-refractivity contribution in [3.63, 3.8) is 0 Å². The van der Waals surface area contributed by atoms with Crippen LogP contribution in [0.5, 0.6) is 11.5 Å². The van der Waals surface area contributed by atoms with Gasteiger partial charge in [0.1, 0.15) is 17.1 Å². The Morgan fingerprint density at radius 2 is 1.74 bits per heavy atom. The van der Waals surface area contributed by atoms with Crippen molar-refractivity contribution in [2.45, 2.75) is 6.54 Å². The molecule has 0 bridgehead atoms. The lowest BCUT2D eigenvalue weighted by atomic mass is 10.1. The Labute approximate surface area is 178 Å². The lowest BCUT2D eigenvalue weighted by molar-refractivity contribution is 0.0694. The van der Waals surface area contributed by atoms with Gasteiger partial charge in [-0.25, -0.2) is 9.59 Å². The largest absolute Gasteiger partial charge is 0.478 e. The summed E-state index contributed by atoms with van der Waals surface area (Å²) in [6.45, 7) is 0.190. The molecule has 31 heavy (non-hydrogen) atoms. The summed E-state index contributed by atoms with van der Waals surface area (Å²) in [5.74, 6) is -0.361. The minimum Gasteiger partial charge on any atom is -0.478 e. The molecule has 0 saturated heterocycles. The van der Waals surface area contributed by atoms with Crippen molar-refractivity contribution in [3.8, 4) is 11.5 Å². The summed E-state index contributed by atoms with van der Waals surface area (Å²) in [5.41, 5.74) is 2.04. The van der Waals surface area contributed by atoms with E-state index < -0.39 is 12.0 Å². The molecule has 3 aromatic carbocycles. The lowest BCUT2D eigenvalue weighted by Gasteiger charge is -2.12. The fourth-order valence-electron chi connectivity index (χ4n) is 3.11. The number of nitrogens with one attached hydrogen (secondary N) is 2. The number of carbonyl (C=O) groups is 2. The van der Waals surface area contributed by atoms with Crippen LogP contribution >= 0.6 is 0 Å². The first-order chi connectivity index (χ1) is 15.1. The Bertz CT molecular complexity index is 1240. The Kier molecular flexibility index (Phi) is 5.75. The lowest BCUT2D eigenvalue weighted by Crippen LogP contribution is -2.28. The molecule has 0 atom stereocenters. The number of anilines is 1. The molecular formula is C24H19N3O4. The molecule has 3 N–H and O–H groups in total. The van der Waals surface area contributed by atoms with E-state index in [9.17, 15) is 14.7 Å².